The van der Waals surface area contributed by atoms with Gasteiger partial charge in [0, 0.05) is 13.1 Å². The highest BCUT2D eigenvalue weighted by Crippen LogP contribution is 2.38. The Balaban J connectivity index is 0.00000176. The van der Waals surface area contributed by atoms with Gasteiger partial charge >= 0.3 is 0 Å². The Hall–Kier alpha value is -1.20. The summed E-state index contributed by atoms with van der Waals surface area (Å²) in [7, 11) is 0. The van der Waals surface area contributed by atoms with Crippen LogP contribution >= 0.6 is 12.4 Å². The second-order valence-corrected chi connectivity index (χ2v) is 6.24. The average molecular weight is 331 g/mol. The van der Waals surface area contributed by atoms with Crippen LogP contribution in [-0.4, -0.2) is 37.0 Å². The van der Waals surface area contributed by atoms with Crippen LogP contribution in [0.25, 0.3) is 0 Å². The Bertz CT molecular complexity index is 547. The molecule has 0 bridgehead atoms. The summed E-state index contributed by atoms with van der Waals surface area (Å²) in [6.07, 6.45) is 3.42. The predicted octanol–water partition coefficient (Wildman–Crippen LogP) is 2.53. The molecule has 0 aromatic heterocycles. The summed E-state index contributed by atoms with van der Waals surface area (Å²) in [5.74, 6) is -1.76. The first-order valence-corrected chi connectivity index (χ1v) is 7.50. The van der Waals surface area contributed by atoms with Crippen molar-refractivity contribution in [1.82, 2.24) is 10.2 Å². The maximum absolute atomic E-state index is 13.2. The first kappa shape index (κ1) is 17.2. The molecule has 3 rings (SSSR count). The second kappa shape index (κ2) is 6.92. The molecule has 2 heterocycles. The van der Waals surface area contributed by atoms with E-state index in [0.29, 0.717) is 5.56 Å². The number of nitrogens with one attached hydrogen (secondary N) is 1. The number of rotatable bonds is 2. The summed E-state index contributed by atoms with van der Waals surface area (Å²) in [6, 6.07) is 3.67. The molecule has 3 nitrogen and oxygen atoms in total. The zero-order valence-electron chi connectivity index (χ0n) is 12.4. The normalized spacial score (nSPS) is 20.0. The fourth-order valence-corrected chi connectivity index (χ4v) is 3.45. The average Bonchev–Trinajstić information content (AvgIpc) is 2.87. The van der Waals surface area contributed by atoms with Gasteiger partial charge in [-0.05, 0) is 55.5 Å². The molecule has 2 aliphatic heterocycles. The highest BCUT2D eigenvalue weighted by atomic mass is 35.5. The minimum absolute atomic E-state index is 0. The first-order valence-electron chi connectivity index (χ1n) is 7.50. The maximum atomic E-state index is 13.2. The second-order valence-electron chi connectivity index (χ2n) is 6.24. The molecule has 1 amide bonds. The third-order valence-electron chi connectivity index (χ3n) is 4.79. The van der Waals surface area contributed by atoms with Crippen molar-refractivity contribution in [2.45, 2.75) is 25.7 Å². The van der Waals surface area contributed by atoms with Crippen molar-refractivity contribution in [2.24, 2.45) is 5.41 Å². The van der Waals surface area contributed by atoms with Gasteiger partial charge in [0.2, 0.25) is 5.91 Å². The molecule has 0 aliphatic carbocycles. The first-order chi connectivity index (χ1) is 10.1. The van der Waals surface area contributed by atoms with Crippen molar-refractivity contribution < 1.29 is 13.6 Å². The van der Waals surface area contributed by atoms with Crippen LogP contribution in [0, 0.1) is 17.0 Å². The molecule has 122 valence electrons. The van der Waals surface area contributed by atoms with Crippen LogP contribution in [0.1, 0.15) is 24.8 Å². The van der Waals surface area contributed by atoms with Gasteiger partial charge < -0.3 is 10.2 Å². The lowest BCUT2D eigenvalue weighted by molar-refractivity contribution is -0.129. The van der Waals surface area contributed by atoms with Crippen LogP contribution in [0.5, 0.6) is 0 Å². The highest BCUT2D eigenvalue weighted by Gasteiger charge is 2.40. The van der Waals surface area contributed by atoms with E-state index in [1.807, 2.05) is 4.90 Å². The molecule has 2 saturated heterocycles. The molecule has 0 saturated carbocycles. The Labute approximate surface area is 135 Å². The zero-order chi connectivity index (χ0) is 14.9. The number of carbonyl (C=O) groups is 1. The Morgan fingerprint density at radius 3 is 2.59 bits per heavy atom. The quantitative estimate of drug-likeness (QED) is 0.903. The van der Waals surface area contributed by atoms with E-state index in [9.17, 15) is 13.6 Å². The van der Waals surface area contributed by atoms with E-state index >= 15 is 0 Å². The number of nitrogens with zero attached hydrogens (tertiary/aromatic N) is 1. The van der Waals surface area contributed by atoms with Gasteiger partial charge in [-0.2, -0.15) is 0 Å². The van der Waals surface area contributed by atoms with Crippen LogP contribution < -0.4 is 5.32 Å². The summed E-state index contributed by atoms with van der Waals surface area (Å²) in [5.41, 5.74) is 0.805. The van der Waals surface area contributed by atoms with E-state index in [0.717, 1.165) is 57.6 Å². The molecule has 1 aromatic carbocycles. The van der Waals surface area contributed by atoms with Gasteiger partial charge in [-0.25, -0.2) is 8.78 Å². The summed E-state index contributed by atoms with van der Waals surface area (Å²) < 4.78 is 26.1. The molecule has 2 fully saturated rings. The third kappa shape index (κ3) is 3.58. The van der Waals surface area contributed by atoms with Gasteiger partial charge in [-0.3, -0.25) is 4.79 Å². The maximum Gasteiger partial charge on any atom is 0.227 e. The number of amides is 1. The van der Waals surface area contributed by atoms with E-state index in [1.54, 1.807) is 0 Å². The van der Waals surface area contributed by atoms with E-state index in [2.05, 4.69) is 5.32 Å². The largest absolute Gasteiger partial charge is 0.342 e. The molecule has 1 N–H and O–H groups in total. The standard InChI is InChI=1S/C16H20F2N2O.ClH/c17-13-2-1-12(9-14(13)18)10-15(21)20-8-5-16(11-20)3-6-19-7-4-16;/h1-2,9,19H,3-8,10-11H2;1H. The number of hydrogen-bond donors (Lipinski definition) is 1. The van der Waals surface area contributed by atoms with E-state index < -0.39 is 11.6 Å². The van der Waals surface area contributed by atoms with Crippen LogP contribution in [0.3, 0.4) is 0 Å². The van der Waals surface area contributed by atoms with Gasteiger partial charge in [-0.15, -0.1) is 12.4 Å². The lowest BCUT2D eigenvalue weighted by Crippen LogP contribution is -2.40. The Kier molecular flexibility index (Phi) is 5.40. The van der Waals surface area contributed by atoms with Gasteiger partial charge in [0.25, 0.3) is 0 Å². The lowest BCUT2D eigenvalue weighted by atomic mass is 9.78. The van der Waals surface area contributed by atoms with Gasteiger partial charge in [0.15, 0.2) is 11.6 Å². The van der Waals surface area contributed by atoms with Crippen molar-refractivity contribution in [2.75, 3.05) is 26.2 Å². The number of halogens is 3. The summed E-state index contributed by atoms with van der Waals surface area (Å²) in [6.45, 7) is 3.62. The molecule has 1 spiro atoms. The Morgan fingerprint density at radius 1 is 1.18 bits per heavy atom. The van der Waals surface area contributed by atoms with Crippen LogP contribution in [-0.2, 0) is 11.2 Å². The lowest BCUT2D eigenvalue weighted by Gasteiger charge is -2.33. The molecular formula is C16H21ClF2N2O. The fraction of sp³-hybridized carbons (Fsp3) is 0.562. The van der Waals surface area contributed by atoms with E-state index in [-0.39, 0.29) is 30.2 Å². The topological polar surface area (TPSA) is 32.3 Å². The van der Waals surface area contributed by atoms with Gasteiger partial charge in [0.1, 0.15) is 0 Å². The minimum Gasteiger partial charge on any atom is -0.342 e. The molecule has 2 aliphatic rings. The van der Waals surface area contributed by atoms with Gasteiger partial charge in [0.05, 0.1) is 6.42 Å². The number of benzene rings is 1. The smallest absolute Gasteiger partial charge is 0.227 e. The van der Waals surface area contributed by atoms with Crippen LogP contribution in [0.15, 0.2) is 18.2 Å². The van der Waals surface area contributed by atoms with Crippen molar-refractivity contribution in [3.8, 4) is 0 Å². The molecule has 1 aromatic rings. The molecule has 22 heavy (non-hydrogen) atoms. The fourth-order valence-electron chi connectivity index (χ4n) is 3.45. The van der Waals surface area contributed by atoms with Crippen molar-refractivity contribution in [1.29, 1.82) is 0 Å². The summed E-state index contributed by atoms with van der Waals surface area (Å²) in [5, 5.41) is 3.35. The third-order valence-corrected chi connectivity index (χ3v) is 4.79. The molecular weight excluding hydrogens is 310 g/mol. The Morgan fingerprint density at radius 2 is 1.91 bits per heavy atom. The van der Waals surface area contributed by atoms with Gasteiger partial charge in [-0.1, -0.05) is 6.07 Å². The number of hydrogen-bond acceptors (Lipinski definition) is 2. The molecule has 0 radical (unpaired) electrons. The zero-order valence-corrected chi connectivity index (χ0v) is 13.2. The summed E-state index contributed by atoms with van der Waals surface area (Å²) in [4.78, 5) is 14.2. The number of piperidine rings is 1. The van der Waals surface area contributed by atoms with E-state index in [4.69, 9.17) is 0 Å². The van der Waals surface area contributed by atoms with Crippen molar-refractivity contribution >= 4 is 18.3 Å². The molecule has 0 atom stereocenters. The minimum atomic E-state index is -0.892. The number of carbonyl (C=O) groups excluding carboxylic acids is 1. The predicted molar refractivity (Wildman–Crippen MR) is 83.0 cm³/mol. The van der Waals surface area contributed by atoms with E-state index in [1.165, 1.54) is 6.07 Å². The SMILES string of the molecule is Cl.O=C(Cc1ccc(F)c(F)c1)N1CCC2(CCNCC2)C1. The number of likely N-dealkylation sites (tertiary alicyclic amines) is 1. The highest BCUT2D eigenvalue weighted by molar-refractivity contribution is 5.85. The summed E-state index contributed by atoms with van der Waals surface area (Å²) >= 11 is 0. The molecule has 0 unspecified atom stereocenters. The van der Waals surface area contributed by atoms with Crippen molar-refractivity contribution in [3.63, 3.8) is 0 Å². The monoisotopic (exact) mass is 330 g/mol. The molecule has 6 heteroatoms. The van der Waals surface area contributed by atoms with Crippen LogP contribution in [0.4, 0.5) is 8.78 Å². The van der Waals surface area contributed by atoms with Crippen molar-refractivity contribution in [3.05, 3.63) is 35.4 Å². The van der Waals surface area contributed by atoms with Crippen LogP contribution in [0.2, 0.25) is 0 Å².